The van der Waals surface area contributed by atoms with Crippen molar-refractivity contribution in [1.29, 1.82) is 5.26 Å². The summed E-state index contributed by atoms with van der Waals surface area (Å²) in [6, 6.07) is 3.82. The molecule has 1 fully saturated rings. The maximum Gasteiger partial charge on any atom is 0.228 e. The van der Waals surface area contributed by atoms with Gasteiger partial charge in [-0.3, -0.25) is 9.59 Å². The summed E-state index contributed by atoms with van der Waals surface area (Å²) in [5.74, 6) is 0.910. The normalized spacial score (nSPS) is 19.0. The highest BCUT2D eigenvalue weighted by Crippen LogP contribution is 2.33. The van der Waals surface area contributed by atoms with Gasteiger partial charge in [-0.15, -0.1) is 11.3 Å². The average molecular weight is 280 g/mol. The Bertz CT molecular complexity index is 518. The Kier molecular flexibility index (Phi) is 4.04. The van der Waals surface area contributed by atoms with Gasteiger partial charge < -0.3 is 4.90 Å². The van der Waals surface area contributed by atoms with Crippen LogP contribution in [0, 0.1) is 17.2 Å². The predicted octanol–water partition coefficient (Wildman–Crippen LogP) is 2.25. The largest absolute Gasteiger partial charge is 0.302 e. The topological polar surface area (TPSA) is 61.2 Å². The SMILES string of the molecule is CC(=O)SCC1CC(=O)N(c2sccc2C#N)C1. The molecule has 2 heterocycles. The summed E-state index contributed by atoms with van der Waals surface area (Å²) < 4.78 is 0. The van der Waals surface area contributed by atoms with E-state index in [0.29, 0.717) is 24.3 Å². The van der Waals surface area contributed by atoms with Gasteiger partial charge in [0.1, 0.15) is 11.1 Å². The third-order valence-electron chi connectivity index (χ3n) is 2.74. The van der Waals surface area contributed by atoms with E-state index in [0.717, 1.165) is 5.00 Å². The second-order valence-corrected chi connectivity index (χ2v) is 6.22. The Balaban J connectivity index is 2.06. The van der Waals surface area contributed by atoms with E-state index in [1.165, 1.54) is 30.0 Å². The number of anilines is 1. The van der Waals surface area contributed by atoms with Crippen LogP contribution in [0.3, 0.4) is 0 Å². The fourth-order valence-corrected chi connectivity index (χ4v) is 3.49. The standard InChI is InChI=1S/C12H12N2O2S2/c1-8(15)18-7-9-4-11(16)14(6-9)12-10(5-13)2-3-17-12/h2-3,9H,4,6-7H2,1H3. The van der Waals surface area contributed by atoms with Crippen molar-refractivity contribution in [3.05, 3.63) is 17.0 Å². The Hall–Kier alpha value is -1.32. The minimum Gasteiger partial charge on any atom is -0.302 e. The molecule has 1 unspecified atom stereocenters. The molecule has 1 amide bonds. The van der Waals surface area contributed by atoms with E-state index in [4.69, 9.17) is 5.26 Å². The van der Waals surface area contributed by atoms with Gasteiger partial charge in [0.05, 0.1) is 5.56 Å². The number of nitriles is 1. The van der Waals surface area contributed by atoms with Crippen LogP contribution in [0.5, 0.6) is 0 Å². The van der Waals surface area contributed by atoms with E-state index < -0.39 is 0 Å². The zero-order valence-corrected chi connectivity index (χ0v) is 11.5. The lowest BCUT2D eigenvalue weighted by Crippen LogP contribution is -2.24. The summed E-state index contributed by atoms with van der Waals surface area (Å²) in [6.07, 6.45) is 0.461. The molecule has 1 saturated heterocycles. The van der Waals surface area contributed by atoms with Gasteiger partial charge in [0.15, 0.2) is 5.12 Å². The summed E-state index contributed by atoms with van der Waals surface area (Å²) in [7, 11) is 0. The van der Waals surface area contributed by atoms with Crippen LogP contribution in [0.15, 0.2) is 11.4 Å². The molecular formula is C12H12N2O2S2. The summed E-state index contributed by atoms with van der Waals surface area (Å²) in [5.41, 5.74) is 0.549. The zero-order chi connectivity index (χ0) is 13.1. The van der Waals surface area contributed by atoms with Crippen LogP contribution in [0.4, 0.5) is 5.00 Å². The predicted molar refractivity (Wildman–Crippen MR) is 72.6 cm³/mol. The molecule has 0 N–H and O–H groups in total. The van der Waals surface area contributed by atoms with Crippen molar-refractivity contribution in [2.75, 3.05) is 17.2 Å². The first kappa shape index (κ1) is 13.1. The molecule has 0 bridgehead atoms. The van der Waals surface area contributed by atoms with Crippen LogP contribution in [0.1, 0.15) is 18.9 Å². The van der Waals surface area contributed by atoms with E-state index in [-0.39, 0.29) is 16.9 Å². The number of carbonyl (C=O) groups is 2. The van der Waals surface area contributed by atoms with Crippen molar-refractivity contribution in [3.8, 4) is 6.07 Å². The van der Waals surface area contributed by atoms with Crippen LogP contribution in [-0.2, 0) is 9.59 Å². The number of thioether (sulfide) groups is 1. The Morgan fingerprint density at radius 2 is 2.50 bits per heavy atom. The fourth-order valence-electron chi connectivity index (χ4n) is 1.92. The van der Waals surface area contributed by atoms with Crippen molar-refractivity contribution >= 4 is 39.1 Å². The molecule has 1 aromatic rings. The minimum atomic E-state index is 0.0445. The van der Waals surface area contributed by atoms with Crippen LogP contribution in [-0.4, -0.2) is 23.3 Å². The highest BCUT2D eigenvalue weighted by Gasteiger charge is 2.32. The summed E-state index contributed by atoms with van der Waals surface area (Å²) in [5, 5.41) is 11.6. The number of nitrogens with zero attached hydrogens (tertiary/aromatic N) is 2. The lowest BCUT2D eigenvalue weighted by atomic mass is 10.1. The quantitative estimate of drug-likeness (QED) is 0.852. The molecule has 18 heavy (non-hydrogen) atoms. The van der Waals surface area contributed by atoms with Gasteiger partial charge in [0, 0.05) is 25.6 Å². The average Bonchev–Trinajstić information content (AvgIpc) is 2.91. The third kappa shape index (κ3) is 2.74. The highest BCUT2D eigenvalue weighted by atomic mass is 32.2. The third-order valence-corrected chi connectivity index (χ3v) is 4.72. The minimum absolute atomic E-state index is 0.0445. The van der Waals surface area contributed by atoms with Gasteiger partial charge in [-0.1, -0.05) is 11.8 Å². The van der Waals surface area contributed by atoms with Gasteiger partial charge in [-0.25, -0.2) is 0 Å². The second kappa shape index (κ2) is 5.55. The monoisotopic (exact) mass is 280 g/mol. The molecule has 0 spiro atoms. The van der Waals surface area contributed by atoms with Crippen molar-refractivity contribution in [3.63, 3.8) is 0 Å². The maximum absolute atomic E-state index is 11.9. The number of thiophene rings is 1. The van der Waals surface area contributed by atoms with Crippen molar-refractivity contribution in [1.82, 2.24) is 0 Å². The lowest BCUT2D eigenvalue weighted by molar-refractivity contribution is -0.117. The molecule has 94 valence electrons. The van der Waals surface area contributed by atoms with Gasteiger partial charge in [0.2, 0.25) is 5.91 Å². The fraction of sp³-hybridized carbons (Fsp3) is 0.417. The molecule has 0 radical (unpaired) electrons. The van der Waals surface area contributed by atoms with Crippen molar-refractivity contribution in [2.24, 2.45) is 5.92 Å². The summed E-state index contributed by atoms with van der Waals surface area (Å²) >= 11 is 2.67. The van der Waals surface area contributed by atoms with E-state index in [2.05, 4.69) is 6.07 Å². The smallest absolute Gasteiger partial charge is 0.228 e. The molecule has 2 rings (SSSR count). The van der Waals surface area contributed by atoms with Crippen LogP contribution >= 0.6 is 23.1 Å². The number of hydrogen-bond donors (Lipinski definition) is 0. The Labute approximate surface area is 114 Å². The van der Waals surface area contributed by atoms with Crippen LogP contribution < -0.4 is 4.90 Å². The Morgan fingerprint density at radius 3 is 3.17 bits per heavy atom. The molecule has 1 aromatic heterocycles. The van der Waals surface area contributed by atoms with Crippen LogP contribution in [0.25, 0.3) is 0 Å². The summed E-state index contributed by atoms with van der Waals surface area (Å²) in [6.45, 7) is 2.14. The number of amides is 1. The number of hydrogen-bond acceptors (Lipinski definition) is 5. The molecule has 4 nitrogen and oxygen atoms in total. The first-order chi connectivity index (χ1) is 8.61. The van der Waals surface area contributed by atoms with Crippen molar-refractivity contribution < 1.29 is 9.59 Å². The van der Waals surface area contributed by atoms with Crippen molar-refractivity contribution in [2.45, 2.75) is 13.3 Å². The van der Waals surface area contributed by atoms with E-state index >= 15 is 0 Å². The molecule has 1 aliphatic rings. The molecule has 0 saturated carbocycles. The van der Waals surface area contributed by atoms with Gasteiger partial charge in [-0.2, -0.15) is 5.26 Å². The molecule has 1 atom stereocenters. The number of carbonyl (C=O) groups excluding carboxylic acids is 2. The zero-order valence-electron chi connectivity index (χ0n) is 9.88. The summed E-state index contributed by atoms with van der Waals surface area (Å²) in [4.78, 5) is 24.5. The maximum atomic E-state index is 11.9. The molecule has 0 aliphatic carbocycles. The second-order valence-electron chi connectivity index (χ2n) is 4.13. The van der Waals surface area contributed by atoms with Gasteiger partial charge in [-0.05, 0) is 17.4 Å². The molecular weight excluding hydrogens is 268 g/mol. The van der Waals surface area contributed by atoms with Gasteiger partial charge >= 0.3 is 0 Å². The number of rotatable bonds is 3. The Morgan fingerprint density at radius 1 is 1.72 bits per heavy atom. The van der Waals surface area contributed by atoms with Gasteiger partial charge in [0.25, 0.3) is 0 Å². The highest BCUT2D eigenvalue weighted by molar-refractivity contribution is 8.13. The molecule has 1 aliphatic heterocycles. The van der Waals surface area contributed by atoms with E-state index in [9.17, 15) is 9.59 Å². The molecule has 0 aromatic carbocycles. The first-order valence-electron chi connectivity index (χ1n) is 5.53. The van der Waals surface area contributed by atoms with Crippen LogP contribution in [0.2, 0.25) is 0 Å². The molecule has 6 heteroatoms. The van der Waals surface area contributed by atoms with E-state index in [1.807, 2.05) is 5.38 Å². The first-order valence-corrected chi connectivity index (χ1v) is 7.39. The lowest BCUT2D eigenvalue weighted by Gasteiger charge is -2.14. The van der Waals surface area contributed by atoms with E-state index in [1.54, 1.807) is 11.0 Å².